The van der Waals surface area contributed by atoms with Crippen LogP contribution in [-0.2, 0) is 4.79 Å². The van der Waals surface area contributed by atoms with Crippen LogP contribution >= 0.6 is 0 Å². The van der Waals surface area contributed by atoms with Gasteiger partial charge in [0.05, 0.1) is 0 Å². The lowest BCUT2D eigenvalue weighted by Crippen LogP contribution is -2.29. The summed E-state index contributed by atoms with van der Waals surface area (Å²) in [7, 11) is 0. The van der Waals surface area contributed by atoms with Crippen LogP contribution in [0.5, 0.6) is 0 Å². The number of nitrogen functional groups attached to an aromatic ring is 1. The second kappa shape index (κ2) is 5.66. The topological polar surface area (TPSA) is 84.1 Å². The highest BCUT2D eigenvalue weighted by Gasteiger charge is 2.16. The van der Waals surface area contributed by atoms with Crippen molar-refractivity contribution in [3.05, 3.63) is 11.9 Å². The van der Waals surface area contributed by atoms with Gasteiger partial charge in [-0.2, -0.15) is 0 Å². The minimum absolute atomic E-state index is 0.207. The normalized spacial score (nSPS) is 14.8. The highest BCUT2D eigenvalue weighted by Crippen LogP contribution is 2.10. The monoisotopic (exact) mass is 249 g/mol. The maximum Gasteiger partial charge on any atom is 0.224 e. The van der Waals surface area contributed by atoms with Crippen molar-refractivity contribution < 1.29 is 4.79 Å². The number of carbonyl (C=O) groups is 1. The minimum Gasteiger partial charge on any atom is -0.384 e. The van der Waals surface area contributed by atoms with Crippen LogP contribution in [0.15, 0.2) is 6.07 Å². The van der Waals surface area contributed by atoms with Gasteiger partial charge < -0.3 is 16.0 Å². The van der Waals surface area contributed by atoms with E-state index in [4.69, 9.17) is 5.73 Å². The Morgan fingerprint density at radius 2 is 2.17 bits per heavy atom. The fourth-order valence-electron chi connectivity index (χ4n) is 2.10. The van der Waals surface area contributed by atoms with Crippen molar-refractivity contribution in [2.24, 2.45) is 0 Å². The van der Waals surface area contributed by atoms with Gasteiger partial charge in [-0.25, -0.2) is 9.97 Å². The summed E-state index contributed by atoms with van der Waals surface area (Å²) < 4.78 is 0. The van der Waals surface area contributed by atoms with Crippen LogP contribution in [0.2, 0.25) is 0 Å². The van der Waals surface area contributed by atoms with Gasteiger partial charge in [-0.1, -0.05) is 0 Å². The van der Waals surface area contributed by atoms with E-state index >= 15 is 0 Å². The van der Waals surface area contributed by atoms with Crippen LogP contribution in [0.4, 0.5) is 11.6 Å². The van der Waals surface area contributed by atoms with Crippen molar-refractivity contribution in [1.82, 2.24) is 14.9 Å². The number of rotatable bonds is 4. The molecular weight excluding hydrogens is 230 g/mol. The second-order valence-electron chi connectivity index (χ2n) is 4.49. The molecule has 0 saturated carbocycles. The van der Waals surface area contributed by atoms with Crippen molar-refractivity contribution in [1.29, 1.82) is 0 Å². The summed E-state index contributed by atoms with van der Waals surface area (Å²) in [6.45, 7) is 4.17. The minimum atomic E-state index is 0.207. The van der Waals surface area contributed by atoms with Crippen LogP contribution in [-0.4, -0.2) is 40.4 Å². The van der Waals surface area contributed by atoms with Gasteiger partial charge in [0.15, 0.2) is 0 Å². The highest BCUT2D eigenvalue weighted by molar-refractivity contribution is 5.76. The molecule has 6 heteroatoms. The molecular formula is C12H19N5O. The van der Waals surface area contributed by atoms with E-state index in [1.54, 1.807) is 13.0 Å². The van der Waals surface area contributed by atoms with Crippen LogP contribution in [0.3, 0.4) is 0 Å². The number of nitrogens with zero attached hydrogens (tertiary/aromatic N) is 3. The first kappa shape index (κ1) is 12.6. The molecule has 98 valence electrons. The average Bonchev–Trinajstić information content (AvgIpc) is 2.80. The van der Waals surface area contributed by atoms with Gasteiger partial charge in [-0.15, -0.1) is 0 Å². The molecule has 1 fully saturated rings. The molecule has 0 spiro atoms. The molecule has 1 amide bonds. The lowest BCUT2D eigenvalue weighted by molar-refractivity contribution is -0.129. The molecule has 1 aromatic heterocycles. The number of aryl methyl sites for hydroxylation is 1. The largest absolute Gasteiger partial charge is 0.384 e. The molecule has 0 atom stereocenters. The Balaban J connectivity index is 1.79. The van der Waals surface area contributed by atoms with Gasteiger partial charge >= 0.3 is 0 Å². The third kappa shape index (κ3) is 3.32. The van der Waals surface area contributed by atoms with Crippen LogP contribution in [0, 0.1) is 6.92 Å². The summed E-state index contributed by atoms with van der Waals surface area (Å²) in [6, 6.07) is 1.67. The van der Waals surface area contributed by atoms with Crippen molar-refractivity contribution in [2.45, 2.75) is 26.2 Å². The molecule has 0 bridgehead atoms. The fraction of sp³-hybridized carbons (Fsp3) is 0.583. The maximum atomic E-state index is 11.8. The van der Waals surface area contributed by atoms with E-state index in [0.29, 0.717) is 30.4 Å². The Hall–Kier alpha value is -1.85. The van der Waals surface area contributed by atoms with Gasteiger partial charge in [0.2, 0.25) is 5.91 Å². The highest BCUT2D eigenvalue weighted by atomic mass is 16.2. The molecule has 1 aliphatic heterocycles. The number of nitrogens with two attached hydrogens (primary N) is 1. The van der Waals surface area contributed by atoms with Gasteiger partial charge in [0.25, 0.3) is 0 Å². The zero-order chi connectivity index (χ0) is 13.0. The van der Waals surface area contributed by atoms with E-state index in [1.165, 1.54) is 0 Å². The summed E-state index contributed by atoms with van der Waals surface area (Å²) in [6.07, 6.45) is 2.74. The van der Waals surface area contributed by atoms with Crippen LogP contribution in [0.1, 0.15) is 25.1 Å². The number of likely N-dealkylation sites (tertiary alicyclic amines) is 1. The predicted octanol–water partition coefficient (Wildman–Crippen LogP) is 0.792. The third-order valence-electron chi connectivity index (χ3n) is 2.96. The third-order valence-corrected chi connectivity index (χ3v) is 2.96. The lowest BCUT2D eigenvalue weighted by Gasteiger charge is -2.15. The van der Waals surface area contributed by atoms with Crippen molar-refractivity contribution >= 4 is 17.5 Å². The van der Waals surface area contributed by atoms with Crippen LogP contribution in [0.25, 0.3) is 0 Å². The summed E-state index contributed by atoms with van der Waals surface area (Å²) in [5, 5.41) is 3.10. The zero-order valence-corrected chi connectivity index (χ0v) is 10.6. The van der Waals surface area contributed by atoms with Gasteiger partial charge in [0, 0.05) is 32.1 Å². The summed E-state index contributed by atoms with van der Waals surface area (Å²) >= 11 is 0. The average molecular weight is 249 g/mol. The first-order valence-electron chi connectivity index (χ1n) is 6.28. The molecule has 3 N–H and O–H groups in total. The van der Waals surface area contributed by atoms with E-state index in [2.05, 4.69) is 15.3 Å². The van der Waals surface area contributed by atoms with Gasteiger partial charge in [-0.05, 0) is 19.8 Å². The standard InChI is InChI=1S/C12H19N5O/c1-9-15-10(13)8-11(16-9)14-5-4-12(18)17-6-2-3-7-17/h8H,2-7H2,1H3,(H3,13,14,15,16). The Labute approximate surface area is 107 Å². The Morgan fingerprint density at radius 1 is 1.44 bits per heavy atom. The molecule has 6 nitrogen and oxygen atoms in total. The smallest absolute Gasteiger partial charge is 0.224 e. The molecule has 0 radical (unpaired) electrons. The quantitative estimate of drug-likeness (QED) is 0.824. The number of amides is 1. The summed E-state index contributed by atoms with van der Waals surface area (Å²) in [4.78, 5) is 21.9. The number of nitrogens with one attached hydrogen (secondary N) is 1. The SMILES string of the molecule is Cc1nc(N)cc(NCCC(=O)N2CCCC2)n1. The maximum absolute atomic E-state index is 11.8. The first-order chi connectivity index (χ1) is 8.65. The lowest BCUT2D eigenvalue weighted by atomic mass is 10.3. The Bertz CT molecular complexity index is 408. The number of aromatic nitrogens is 2. The molecule has 0 aliphatic carbocycles. The van der Waals surface area contributed by atoms with Crippen LogP contribution < -0.4 is 11.1 Å². The number of carbonyl (C=O) groups excluding carboxylic acids is 1. The predicted molar refractivity (Wildman–Crippen MR) is 70.1 cm³/mol. The molecule has 2 rings (SSSR count). The fourth-order valence-corrected chi connectivity index (χ4v) is 2.10. The summed E-state index contributed by atoms with van der Waals surface area (Å²) in [5.41, 5.74) is 5.62. The zero-order valence-electron chi connectivity index (χ0n) is 10.6. The number of hydrogen-bond donors (Lipinski definition) is 2. The molecule has 18 heavy (non-hydrogen) atoms. The summed E-state index contributed by atoms with van der Waals surface area (Å²) in [5.74, 6) is 1.95. The van der Waals surface area contributed by atoms with Crippen molar-refractivity contribution in [3.63, 3.8) is 0 Å². The number of hydrogen-bond acceptors (Lipinski definition) is 5. The molecule has 0 aromatic carbocycles. The van der Waals surface area contributed by atoms with Gasteiger partial charge in [-0.3, -0.25) is 4.79 Å². The van der Waals surface area contributed by atoms with E-state index in [0.717, 1.165) is 25.9 Å². The number of anilines is 2. The van der Waals surface area contributed by atoms with Crippen molar-refractivity contribution in [2.75, 3.05) is 30.7 Å². The molecule has 1 aliphatic rings. The first-order valence-corrected chi connectivity index (χ1v) is 6.28. The Kier molecular flexibility index (Phi) is 3.96. The van der Waals surface area contributed by atoms with Gasteiger partial charge in [0.1, 0.15) is 17.5 Å². The molecule has 2 heterocycles. The van der Waals surface area contributed by atoms with Crippen molar-refractivity contribution in [3.8, 4) is 0 Å². The molecule has 0 unspecified atom stereocenters. The van der Waals surface area contributed by atoms with E-state index in [9.17, 15) is 4.79 Å². The van der Waals surface area contributed by atoms with E-state index < -0.39 is 0 Å². The van der Waals surface area contributed by atoms with E-state index in [1.807, 2.05) is 4.90 Å². The molecule has 1 saturated heterocycles. The second-order valence-corrected chi connectivity index (χ2v) is 4.49. The molecule has 1 aromatic rings. The van der Waals surface area contributed by atoms with E-state index in [-0.39, 0.29) is 5.91 Å². The Morgan fingerprint density at radius 3 is 2.83 bits per heavy atom.